The minimum atomic E-state index is -0.444. The van der Waals surface area contributed by atoms with Gasteiger partial charge in [0.15, 0.2) is 0 Å². The average molecular weight is 247 g/mol. The van der Waals surface area contributed by atoms with E-state index in [9.17, 15) is 4.79 Å². The van der Waals surface area contributed by atoms with Gasteiger partial charge in [0.05, 0.1) is 0 Å². The van der Waals surface area contributed by atoms with Gasteiger partial charge in [-0.1, -0.05) is 43.5 Å². The standard InChI is InChI=1S/C15H21NO2/c17-11-15(18)16-10-12-6-8-14(9-7-12)13-4-2-1-3-5-13/h6-9,13,17H,1-5,10-11H2,(H,16,18). The van der Waals surface area contributed by atoms with E-state index in [-0.39, 0.29) is 5.91 Å². The highest BCUT2D eigenvalue weighted by Gasteiger charge is 2.14. The molecule has 0 heterocycles. The fourth-order valence-corrected chi connectivity index (χ4v) is 2.60. The third kappa shape index (κ3) is 3.57. The molecular formula is C15H21NO2. The van der Waals surface area contributed by atoms with E-state index in [0.717, 1.165) is 11.5 Å². The Morgan fingerprint density at radius 1 is 1.17 bits per heavy atom. The molecule has 1 saturated carbocycles. The minimum absolute atomic E-state index is 0.327. The van der Waals surface area contributed by atoms with Crippen LogP contribution in [0.25, 0.3) is 0 Å². The molecule has 0 aliphatic heterocycles. The van der Waals surface area contributed by atoms with Crippen molar-refractivity contribution in [1.29, 1.82) is 0 Å². The monoisotopic (exact) mass is 247 g/mol. The smallest absolute Gasteiger partial charge is 0.245 e. The van der Waals surface area contributed by atoms with Crippen molar-refractivity contribution in [2.45, 2.75) is 44.6 Å². The number of aliphatic hydroxyl groups excluding tert-OH is 1. The lowest BCUT2D eigenvalue weighted by molar-refractivity contribution is -0.123. The zero-order chi connectivity index (χ0) is 12.8. The number of amides is 1. The predicted octanol–water partition coefficient (Wildman–Crippen LogP) is 2.34. The molecule has 3 heteroatoms. The summed E-state index contributed by atoms with van der Waals surface area (Å²) in [6.45, 7) is 0.0461. The van der Waals surface area contributed by atoms with Crippen LogP contribution < -0.4 is 5.32 Å². The summed E-state index contributed by atoms with van der Waals surface area (Å²) < 4.78 is 0. The van der Waals surface area contributed by atoms with E-state index in [0.29, 0.717) is 6.54 Å². The summed E-state index contributed by atoms with van der Waals surface area (Å²) in [5.74, 6) is 0.395. The largest absolute Gasteiger partial charge is 0.387 e. The average Bonchev–Trinajstić information content (AvgIpc) is 2.46. The summed E-state index contributed by atoms with van der Waals surface area (Å²) in [7, 11) is 0. The van der Waals surface area contributed by atoms with E-state index in [1.54, 1.807) is 0 Å². The van der Waals surface area contributed by atoms with Crippen LogP contribution in [-0.4, -0.2) is 17.6 Å². The van der Waals surface area contributed by atoms with Crippen molar-refractivity contribution >= 4 is 5.91 Å². The van der Waals surface area contributed by atoms with Gasteiger partial charge in [-0.15, -0.1) is 0 Å². The molecule has 1 aromatic carbocycles. The van der Waals surface area contributed by atoms with E-state index in [4.69, 9.17) is 5.11 Å². The van der Waals surface area contributed by atoms with Gasteiger partial charge >= 0.3 is 0 Å². The molecule has 1 aliphatic carbocycles. The molecule has 0 atom stereocenters. The summed E-state index contributed by atoms with van der Waals surface area (Å²) in [6, 6.07) is 8.50. The highest BCUT2D eigenvalue weighted by molar-refractivity contribution is 5.76. The van der Waals surface area contributed by atoms with Crippen molar-refractivity contribution in [3.05, 3.63) is 35.4 Å². The first-order valence-electron chi connectivity index (χ1n) is 6.76. The first kappa shape index (κ1) is 13.1. The van der Waals surface area contributed by atoms with Crippen LogP contribution in [0, 0.1) is 0 Å². The van der Waals surface area contributed by atoms with Crippen LogP contribution in [0.3, 0.4) is 0 Å². The summed E-state index contributed by atoms with van der Waals surface area (Å²) in [5, 5.41) is 11.3. The Morgan fingerprint density at radius 2 is 1.83 bits per heavy atom. The topological polar surface area (TPSA) is 49.3 Å². The zero-order valence-corrected chi connectivity index (χ0v) is 10.7. The Bertz CT molecular complexity index is 380. The molecule has 0 radical (unpaired) electrons. The molecule has 0 saturated heterocycles. The van der Waals surface area contributed by atoms with E-state index < -0.39 is 6.61 Å². The second-order valence-electron chi connectivity index (χ2n) is 5.01. The summed E-state index contributed by atoms with van der Waals surface area (Å²) in [6.07, 6.45) is 6.68. The molecule has 2 rings (SSSR count). The molecule has 1 aliphatic rings. The maximum atomic E-state index is 10.9. The number of rotatable bonds is 4. The van der Waals surface area contributed by atoms with Crippen molar-refractivity contribution in [1.82, 2.24) is 5.32 Å². The summed E-state index contributed by atoms with van der Waals surface area (Å²) in [4.78, 5) is 10.9. The van der Waals surface area contributed by atoms with Gasteiger partial charge in [-0.2, -0.15) is 0 Å². The van der Waals surface area contributed by atoms with Crippen LogP contribution in [0.5, 0.6) is 0 Å². The Labute approximate surface area is 108 Å². The molecule has 98 valence electrons. The van der Waals surface area contributed by atoms with Crippen molar-refractivity contribution in [2.24, 2.45) is 0 Å². The summed E-state index contributed by atoms with van der Waals surface area (Å²) in [5.41, 5.74) is 2.50. The SMILES string of the molecule is O=C(CO)NCc1ccc(C2CCCCC2)cc1. The number of aliphatic hydroxyl groups is 1. The highest BCUT2D eigenvalue weighted by atomic mass is 16.3. The van der Waals surface area contributed by atoms with Gasteiger partial charge < -0.3 is 10.4 Å². The molecule has 3 nitrogen and oxygen atoms in total. The third-order valence-corrected chi connectivity index (χ3v) is 3.69. The van der Waals surface area contributed by atoms with Crippen LogP contribution in [0.2, 0.25) is 0 Å². The number of hydrogen-bond donors (Lipinski definition) is 2. The van der Waals surface area contributed by atoms with Gasteiger partial charge in [0.1, 0.15) is 6.61 Å². The maximum absolute atomic E-state index is 10.9. The Hall–Kier alpha value is -1.35. The Kier molecular flexibility index (Phi) is 4.76. The number of hydrogen-bond acceptors (Lipinski definition) is 2. The molecule has 1 aromatic rings. The van der Waals surface area contributed by atoms with Crippen LogP contribution in [0.15, 0.2) is 24.3 Å². The Morgan fingerprint density at radius 3 is 2.44 bits per heavy atom. The molecule has 1 amide bonds. The van der Waals surface area contributed by atoms with E-state index in [2.05, 4.69) is 29.6 Å². The second kappa shape index (κ2) is 6.55. The van der Waals surface area contributed by atoms with Crippen molar-refractivity contribution < 1.29 is 9.90 Å². The van der Waals surface area contributed by atoms with Crippen LogP contribution in [-0.2, 0) is 11.3 Å². The first-order chi connectivity index (χ1) is 8.79. The third-order valence-electron chi connectivity index (χ3n) is 3.69. The number of nitrogens with one attached hydrogen (secondary N) is 1. The molecule has 18 heavy (non-hydrogen) atoms. The minimum Gasteiger partial charge on any atom is -0.387 e. The number of benzene rings is 1. The maximum Gasteiger partial charge on any atom is 0.245 e. The molecule has 2 N–H and O–H groups in total. The normalized spacial score (nSPS) is 16.5. The van der Waals surface area contributed by atoms with E-state index >= 15 is 0 Å². The number of carbonyl (C=O) groups excluding carboxylic acids is 1. The van der Waals surface area contributed by atoms with E-state index in [1.807, 2.05) is 0 Å². The van der Waals surface area contributed by atoms with Gasteiger partial charge in [-0.3, -0.25) is 4.79 Å². The Balaban J connectivity index is 1.90. The van der Waals surface area contributed by atoms with Gasteiger partial charge in [0.25, 0.3) is 0 Å². The van der Waals surface area contributed by atoms with Crippen LogP contribution in [0.4, 0.5) is 0 Å². The predicted molar refractivity (Wildman–Crippen MR) is 71.2 cm³/mol. The van der Waals surface area contributed by atoms with Crippen LogP contribution >= 0.6 is 0 Å². The quantitative estimate of drug-likeness (QED) is 0.858. The highest BCUT2D eigenvalue weighted by Crippen LogP contribution is 2.32. The molecule has 0 unspecified atom stereocenters. The molecule has 1 fully saturated rings. The van der Waals surface area contributed by atoms with E-state index in [1.165, 1.54) is 37.7 Å². The second-order valence-corrected chi connectivity index (χ2v) is 5.01. The molecular weight excluding hydrogens is 226 g/mol. The van der Waals surface area contributed by atoms with Crippen molar-refractivity contribution in [3.8, 4) is 0 Å². The van der Waals surface area contributed by atoms with Gasteiger partial charge in [0, 0.05) is 6.54 Å². The molecule has 0 bridgehead atoms. The lowest BCUT2D eigenvalue weighted by Gasteiger charge is -2.22. The van der Waals surface area contributed by atoms with Gasteiger partial charge in [-0.05, 0) is 29.9 Å². The first-order valence-corrected chi connectivity index (χ1v) is 6.76. The lowest BCUT2D eigenvalue weighted by Crippen LogP contribution is -2.25. The molecule has 0 aromatic heterocycles. The number of carbonyl (C=O) groups is 1. The lowest BCUT2D eigenvalue weighted by atomic mass is 9.84. The fourth-order valence-electron chi connectivity index (χ4n) is 2.60. The summed E-state index contributed by atoms with van der Waals surface area (Å²) >= 11 is 0. The van der Waals surface area contributed by atoms with Crippen LogP contribution in [0.1, 0.15) is 49.1 Å². The van der Waals surface area contributed by atoms with Crippen molar-refractivity contribution in [2.75, 3.05) is 6.61 Å². The van der Waals surface area contributed by atoms with Crippen molar-refractivity contribution in [3.63, 3.8) is 0 Å². The van der Waals surface area contributed by atoms with Gasteiger partial charge in [0.2, 0.25) is 5.91 Å². The fraction of sp³-hybridized carbons (Fsp3) is 0.533. The molecule has 0 spiro atoms. The van der Waals surface area contributed by atoms with Gasteiger partial charge in [-0.25, -0.2) is 0 Å². The zero-order valence-electron chi connectivity index (χ0n) is 10.7.